The first-order valence-corrected chi connectivity index (χ1v) is 0. The van der Waals surface area contributed by atoms with Crippen molar-refractivity contribution in [3.05, 3.63) is 0 Å². The van der Waals surface area contributed by atoms with Gasteiger partial charge in [0.25, 0.3) is 0 Å². The van der Waals surface area contributed by atoms with Gasteiger partial charge in [-0.05, 0) is 0 Å². The standard InChI is InChI=1S/Al.BH3.3BrH/h;1H3;3*1H/q+3;;;;/p-3. The molecule has 30 valence electrons. The van der Waals surface area contributed by atoms with Gasteiger partial charge in [0, 0.05) is 0 Å². The van der Waals surface area contributed by atoms with Gasteiger partial charge < -0.3 is 50.9 Å². The van der Waals surface area contributed by atoms with Crippen LogP contribution < -0.4 is 50.9 Å². The van der Waals surface area contributed by atoms with Gasteiger partial charge in [0.15, 0.2) is 0 Å². The molecule has 5 heavy (non-hydrogen) atoms. The number of hydrogen-bond donors (Lipinski definition) is 0. The van der Waals surface area contributed by atoms with E-state index < -0.39 is 0 Å². The summed E-state index contributed by atoms with van der Waals surface area (Å²) in [6, 6.07) is 0. The van der Waals surface area contributed by atoms with Crippen molar-refractivity contribution in [2.24, 2.45) is 0 Å². The van der Waals surface area contributed by atoms with Crippen molar-refractivity contribution < 1.29 is 50.9 Å². The minimum atomic E-state index is 0. The third-order valence-electron chi connectivity index (χ3n) is 0. The van der Waals surface area contributed by atoms with E-state index in [9.17, 15) is 0 Å². The molecule has 0 aliphatic heterocycles. The van der Waals surface area contributed by atoms with Crippen molar-refractivity contribution in [2.75, 3.05) is 0 Å². The van der Waals surface area contributed by atoms with Crippen molar-refractivity contribution >= 4 is 25.8 Å². The van der Waals surface area contributed by atoms with E-state index >= 15 is 0 Å². The van der Waals surface area contributed by atoms with Gasteiger partial charge >= 0.3 is 17.4 Å². The molecule has 0 saturated heterocycles. The Morgan fingerprint density at radius 3 is 0.600 bits per heavy atom. The average Bonchev–Trinajstić information content (AvgIpc) is 0. The van der Waals surface area contributed by atoms with Gasteiger partial charge in [0.2, 0.25) is 0 Å². The number of halogens is 3. The second-order valence-corrected chi connectivity index (χ2v) is 0. The molecule has 0 N–H and O–H groups in total. The first-order valence-electron chi connectivity index (χ1n) is 0. The zero-order valence-electron chi connectivity index (χ0n) is 1.71. The third kappa shape index (κ3) is 23.7. The summed E-state index contributed by atoms with van der Waals surface area (Å²) in [5, 5.41) is 0. The molecule has 0 atom stereocenters. The Kier molecular flexibility index (Phi) is 456. The van der Waals surface area contributed by atoms with Gasteiger partial charge in [0.05, 0.1) is 8.41 Å². The summed E-state index contributed by atoms with van der Waals surface area (Å²) in [5.41, 5.74) is 0. The molecule has 0 rings (SSSR count). The molecular formula is H3AlBBr3. The molecule has 0 spiro atoms. The fourth-order valence-electron chi connectivity index (χ4n) is 0. The molecule has 5 heteroatoms. The van der Waals surface area contributed by atoms with E-state index in [4.69, 9.17) is 0 Å². The molecule has 0 fully saturated rings. The van der Waals surface area contributed by atoms with Gasteiger partial charge in [-0.15, -0.1) is 0 Å². The molecule has 0 aromatic heterocycles. The van der Waals surface area contributed by atoms with E-state index in [-0.39, 0.29) is 76.7 Å². The van der Waals surface area contributed by atoms with Crippen LogP contribution in [0, 0.1) is 0 Å². The molecule has 0 aliphatic rings. The molecule has 0 radical (unpaired) electrons. The molecule has 0 aromatic carbocycles. The maximum absolute atomic E-state index is 0. The Morgan fingerprint density at radius 1 is 0.600 bits per heavy atom. The largest absolute Gasteiger partial charge is 3.00 e. The zero-order valence-corrected chi connectivity index (χ0v) is 7.62. The summed E-state index contributed by atoms with van der Waals surface area (Å²) in [5.74, 6) is 0. The van der Waals surface area contributed by atoms with Crippen molar-refractivity contribution in [3.63, 3.8) is 0 Å². The van der Waals surface area contributed by atoms with Gasteiger partial charge in [-0.2, -0.15) is 0 Å². The topological polar surface area (TPSA) is 0 Å². The maximum atomic E-state index is 0. The van der Waals surface area contributed by atoms with Gasteiger partial charge in [-0.25, -0.2) is 0 Å². The van der Waals surface area contributed by atoms with Crippen LogP contribution in [0.3, 0.4) is 0 Å². The van der Waals surface area contributed by atoms with Gasteiger partial charge in [0.1, 0.15) is 0 Å². The van der Waals surface area contributed by atoms with Gasteiger partial charge in [-0.1, -0.05) is 0 Å². The van der Waals surface area contributed by atoms with Crippen LogP contribution in [0.1, 0.15) is 0 Å². The first kappa shape index (κ1) is 61.8. The predicted octanol–water partition coefficient (Wildman–Crippen LogP) is -10.6. The second-order valence-electron chi connectivity index (χ2n) is 0. The molecule has 0 bridgehead atoms. The molecule has 0 unspecified atom stereocenters. The summed E-state index contributed by atoms with van der Waals surface area (Å²) in [6.45, 7) is 0. The van der Waals surface area contributed by atoms with Crippen LogP contribution in [0.25, 0.3) is 0 Å². The monoisotopic (exact) mass is 278 g/mol. The van der Waals surface area contributed by atoms with E-state index in [0.717, 1.165) is 0 Å². The molecule has 0 amide bonds. The van der Waals surface area contributed by atoms with Crippen molar-refractivity contribution in [1.82, 2.24) is 0 Å². The molecule has 0 aromatic rings. The van der Waals surface area contributed by atoms with Crippen LogP contribution in [-0.4, -0.2) is 25.8 Å². The van der Waals surface area contributed by atoms with E-state index in [2.05, 4.69) is 0 Å². The Bertz CT molecular complexity index is 6.85. The van der Waals surface area contributed by atoms with Gasteiger partial charge in [-0.3, -0.25) is 0 Å². The summed E-state index contributed by atoms with van der Waals surface area (Å²) < 4.78 is 0. The molecule has 0 heterocycles. The summed E-state index contributed by atoms with van der Waals surface area (Å²) in [7, 11) is 0. The van der Waals surface area contributed by atoms with Crippen LogP contribution in [0.15, 0.2) is 0 Å². The van der Waals surface area contributed by atoms with E-state index in [1.807, 2.05) is 0 Å². The smallest absolute Gasteiger partial charge is 1.00 e. The number of hydrogen-bond acceptors (Lipinski definition) is 0. The van der Waals surface area contributed by atoms with Crippen molar-refractivity contribution in [3.8, 4) is 0 Å². The molecule has 0 nitrogen and oxygen atoms in total. The van der Waals surface area contributed by atoms with Crippen LogP contribution in [0.4, 0.5) is 0 Å². The van der Waals surface area contributed by atoms with E-state index in [1.54, 1.807) is 0 Å². The Hall–Kier alpha value is 2.04. The Balaban J connectivity index is 0. The fraction of sp³-hybridized carbons (Fsp3) is 0. The minimum Gasteiger partial charge on any atom is -1.00 e. The molecule has 0 aliphatic carbocycles. The fourth-order valence-corrected chi connectivity index (χ4v) is 0. The zero-order chi connectivity index (χ0) is 0. The normalized spacial score (nSPS) is 0. The van der Waals surface area contributed by atoms with Crippen molar-refractivity contribution in [2.45, 2.75) is 0 Å². The van der Waals surface area contributed by atoms with Crippen LogP contribution >= 0.6 is 0 Å². The molecule has 0 saturated carbocycles. The first-order chi connectivity index (χ1) is 0. The third-order valence-corrected chi connectivity index (χ3v) is 0. The summed E-state index contributed by atoms with van der Waals surface area (Å²) >= 11 is 0. The van der Waals surface area contributed by atoms with Crippen LogP contribution in [-0.2, 0) is 0 Å². The predicted molar refractivity (Wildman–Crippen MR) is 15.7 cm³/mol. The van der Waals surface area contributed by atoms with E-state index in [0.29, 0.717) is 0 Å². The van der Waals surface area contributed by atoms with E-state index in [1.165, 1.54) is 0 Å². The Labute approximate surface area is 76.1 Å². The summed E-state index contributed by atoms with van der Waals surface area (Å²) in [4.78, 5) is 0. The second kappa shape index (κ2) is 36.9. The maximum Gasteiger partial charge on any atom is 3.00 e. The van der Waals surface area contributed by atoms with Crippen LogP contribution in [0.2, 0.25) is 0 Å². The quantitative estimate of drug-likeness (QED) is 0.387. The molecular weight excluding hydrogens is 278 g/mol. The Morgan fingerprint density at radius 2 is 0.600 bits per heavy atom. The summed E-state index contributed by atoms with van der Waals surface area (Å²) in [6.07, 6.45) is 0. The van der Waals surface area contributed by atoms with Crippen molar-refractivity contribution in [1.29, 1.82) is 0 Å². The number of rotatable bonds is 0. The average molecular weight is 281 g/mol. The SMILES string of the molecule is B.[Al+3].[Br-].[Br-].[Br-]. The van der Waals surface area contributed by atoms with Crippen LogP contribution in [0.5, 0.6) is 0 Å². The minimum absolute atomic E-state index is 0.